The van der Waals surface area contributed by atoms with Crippen molar-refractivity contribution in [1.29, 1.82) is 0 Å². The minimum Gasteiger partial charge on any atom is -0.354 e. The molecule has 1 aromatic heterocycles. The second-order valence-electron chi connectivity index (χ2n) is 6.63. The molecule has 0 saturated carbocycles. The van der Waals surface area contributed by atoms with Gasteiger partial charge in [-0.3, -0.25) is 9.78 Å². The lowest BCUT2D eigenvalue weighted by Gasteiger charge is -2.18. The summed E-state index contributed by atoms with van der Waals surface area (Å²) in [5.74, 6) is -0.322. The number of hydrogen-bond acceptors (Lipinski definition) is 3. The van der Waals surface area contributed by atoms with Crippen molar-refractivity contribution in [2.24, 2.45) is 0 Å². The highest BCUT2D eigenvalue weighted by atomic mass is 79.9. The Bertz CT molecular complexity index is 1180. The molecule has 27 heavy (non-hydrogen) atoms. The molecule has 0 fully saturated rings. The largest absolute Gasteiger partial charge is 0.354 e. The normalized spacial score (nSPS) is 15.6. The van der Waals surface area contributed by atoms with Crippen LogP contribution in [0.1, 0.15) is 27.4 Å². The zero-order valence-corrected chi connectivity index (χ0v) is 15.9. The van der Waals surface area contributed by atoms with Crippen molar-refractivity contribution in [3.8, 4) is 0 Å². The lowest BCUT2D eigenvalue weighted by atomic mass is 9.85. The number of benzene rings is 3. The van der Waals surface area contributed by atoms with E-state index in [0.717, 1.165) is 37.9 Å². The fourth-order valence-corrected chi connectivity index (χ4v) is 4.00. The lowest BCUT2D eigenvalue weighted by molar-refractivity contribution is 0.0975. The van der Waals surface area contributed by atoms with Crippen LogP contribution in [-0.4, -0.2) is 10.8 Å². The summed E-state index contributed by atoms with van der Waals surface area (Å²) in [5, 5.41) is 4.53. The van der Waals surface area contributed by atoms with Crippen LogP contribution in [0.4, 0.5) is 11.4 Å². The molecule has 0 spiro atoms. The van der Waals surface area contributed by atoms with Crippen LogP contribution in [0.25, 0.3) is 10.9 Å². The van der Waals surface area contributed by atoms with Crippen molar-refractivity contribution in [3.05, 3.63) is 100 Å². The van der Waals surface area contributed by atoms with Gasteiger partial charge in [-0.05, 0) is 35.9 Å². The average Bonchev–Trinajstić information content (AvgIpc) is 2.83. The molecule has 1 unspecified atom stereocenters. The average molecular weight is 415 g/mol. The van der Waals surface area contributed by atoms with Gasteiger partial charge in [0.25, 0.3) is 0 Å². The van der Waals surface area contributed by atoms with E-state index < -0.39 is 5.92 Å². The van der Waals surface area contributed by atoms with E-state index in [1.165, 1.54) is 0 Å². The van der Waals surface area contributed by atoms with Gasteiger partial charge in [-0.2, -0.15) is 0 Å². The molecule has 0 saturated heterocycles. The summed E-state index contributed by atoms with van der Waals surface area (Å²) in [6, 6.07) is 23.7. The van der Waals surface area contributed by atoms with Crippen LogP contribution in [0.2, 0.25) is 0 Å². The molecule has 1 aliphatic heterocycles. The van der Waals surface area contributed by atoms with Gasteiger partial charge in [0.05, 0.1) is 17.1 Å². The minimum atomic E-state index is -0.402. The van der Waals surface area contributed by atoms with Gasteiger partial charge in [0, 0.05) is 32.9 Å². The number of ketones is 1. The van der Waals surface area contributed by atoms with E-state index >= 15 is 0 Å². The summed E-state index contributed by atoms with van der Waals surface area (Å²) in [6.07, 6.45) is 1.83. The lowest BCUT2D eigenvalue weighted by Crippen LogP contribution is -2.14. The van der Waals surface area contributed by atoms with Crippen LogP contribution in [0.3, 0.4) is 0 Å². The van der Waals surface area contributed by atoms with Gasteiger partial charge in [0.1, 0.15) is 0 Å². The topological polar surface area (TPSA) is 42.0 Å². The summed E-state index contributed by atoms with van der Waals surface area (Å²) < 4.78 is 0.989. The van der Waals surface area contributed by atoms with Crippen molar-refractivity contribution < 1.29 is 4.79 Å². The molecule has 0 amide bonds. The number of Topliss-reactive ketones (excluding diaryl/α,β-unsaturated/α-hetero) is 1. The smallest absolute Gasteiger partial charge is 0.176 e. The summed E-state index contributed by atoms with van der Waals surface area (Å²) in [7, 11) is 0. The maximum atomic E-state index is 13.5. The Kier molecular flexibility index (Phi) is 3.80. The van der Waals surface area contributed by atoms with Gasteiger partial charge in [0.15, 0.2) is 5.78 Å². The summed E-state index contributed by atoms with van der Waals surface area (Å²) in [4.78, 5) is 18.2. The molecule has 0 bridgehead atoms. The molecule has 0 aliphatic carbocycles. The molecule has 3 aromatic carbocycles. The Morgan fingerprint density at radius 3 is 2.48 bits per heavy atom. The Labute approximate surface area is 165 Å². The van der Waals surface area contributed by atoms with Crippen molar-refractivity contribution in [1.82, 2.24) is 4.98 Å². The maximum Gasteiger partial charge on any atom is 0.176 e. The minimum absolute atomic E-state index is 0.0799. The Balaban J connectivity index is 1.84. The van der Waals surface area contributed by atoms with E-state index in [1.54, 1.807) is 0 Å². The highest BCUT2D eigenvalue weighted by Gasteiger charge is 2.32. The Morgan fingerprint density at radius 2 is 1.63 bits per heavy atom. The first-order valence-corrected chi connectivity index (χ1v) is 9.55. The first kappa shape index (κ1) is 16.2. The van der Waals surface area contributed by atoms with Gasteiger partial charge in [0.2, 0.25) is 0 Å². The predicted octanol–water partition coefficient (Wildman–Crippen LogP) is 6.07. The van der Waals surface area contributed by atoms with Crippen LogP contribution in [-0.2, 0) is 0 Å². The highest BCUT2D eigenvalue weighted by Crippen LogP contribution is 2.42. The SMILES string of the molecule is O=C1c2ccccc2Nc2c(cnc3ccccc23)C1c1ccc(Br)cc1. The van der Waals surface area contributed by atoms with Gasteiger partial charge >= 0.3 is 0 Å². The number of halogens is 1. The molecule has 1 atom stereocenters. The molecule has 3 nitrogen and oxygen atoms in total. The maximum absolute atomic E-state index is 13.5. The van der Waals surface area contributed by atoms with Crippen molar-refractivity contribution in [2.75, 3.05) is 5.32 Å². The highest BCUT2D eigenvalue weighted by molar-refractivity contribution is 9.10. The number of aromatic nitrogens is 1. The van der Waals surface area contributed by atoms with E-state index in [1.807, 2.05) is 79.0 Å². The Morgan fingerprint density at radius 1 is 0.889 bits per heavy atom. The van der Waals surface area contributed by atoms with Crippen molar-refractivity contribution in [3.63, 3.8) is 0 Å². The molecule has 0 radical (unpaired) electrons. The monoisotopic (exact) mass is 414 g/mol. The van der Waals surface area contributed by atoms with Gasteiger partial charge in [-0.1, -0.05) is 58.4 Å². The zero-order valence-electron chi connectivity index (χ0n) is 14.3. The van der Waals surface area contributed by atoms with Crippen LogP contribution in [0, 0.1) is 0 Å². The van der Waals surface area contributed by atoms with Gasteiger partial charge in [-0.25, -0.2) is 0 Å². The molecule has 4 heteroatoms. The first-order valence-electron chi connectivity index (χ1n) is 8.76. The number of carbonyl (C=O) groups is 1. The summed E-state index contributed by atoms with van der Waals surface area (Å²) in [5.41, 5.74) is 5.25. The molecule has 1 N–H and O–H groups in total. The number of hydrogen-bond donors (Lipinski definition) is 1. The van der Waals surface area contributed by atoms with E-state index in [0.29, 0.717) is 5.56 Å². The number of nitrogens with zero attached hydrogens (tertiary/aromatic N) is 1. The third-order valence-electron chi connectivity index (χ3n) is 5.03. The van der Waals surface area contributed by atoms with Crippen LogP contribution in [0.5, 0.6) is 0 Å². The number of rotatable bonds is 1. The summed E-state index contributed by atoms with van der Waals surface area (Å²) >= 11 is 3.48. The molecular weight excluding hydrogens is 400 g/mol. The van der Waals surface area contributed by atoms with E-state index in [2.05, 4.69) is 26.2 Å². The third kappa shape index (κ3) is 2.64. The van der Waals surface area contributed by atoms with Crippen molar-refractivity contribution >= 4 is 44.0 Å². The third-order valence-corrected chi connectivity index (χ3v) is 5.56. The van der Waals surface area contributed by atoms with Crippen molar-refractivity contribution in [2.45, 2.75) is 5.92 Å². The molecular formula is C23H15BrN2O. The van der Waals surface area contributed by atoms with Crippen LogP contribution >= 0.6 is 15.9 Å². The Hall–Kier alpha value is -2.98. The molecule has 5 rings (SSSR count). The van der Waals surface area contributed by atoms with E-state index in [9.17, 15) is 4.79 Å². The second kappa shape index (κ2) is 6.32. The second-order valence-corrected chi connectivity index (χ2v) is 7.54. The fourth-order valence-electron chi connectivity index (χ4n) is 3.74. The number of para-hydroxylation sites is 2. The van der Waals surface area contributed by atoms with Crippen LogP contribution in [0.15, 0.2) is 83.5 Å². The number of pyridine rings is 1. The number of nitrogens with one attached hydrogen (secondary N) is 1. The first-order chi connectivity index (χ1) is 13.2. The number of carbonyl (C=O) groups excluding carboxylic acids is 1. The summed E-state index contributed by atoms with van der Waals surface area (Å²) in [6.45, 7) is 0. The van der Waals surface area contributed by atoms with Gasteiger partial charge < -0.3 is 5.32 Å². The van der Waals surface area contributed by atoms with E-state index in [4.69, 9.17) is 0 Å². The predicted molar refractivity (Wildman–Crippen MR) is 112 cm³/mol. The quantitative estimate of drug-likeness (QED) is 0.410. The molecule has 4 aromatic rings. The van der Waals surface area contributed by atoms with Crippen LogP contribution < -0.4 is 5.32 Å². The fraction of sp³-hybridized carbons (Fsp3) is 0.0435. The molecule has 1 aliphatic rings. The molecule has 2 heterocycles. The van der Waals surface area contributed by atoms with Gasteiger partial charge in [-0.15, -0.1) is 0 Å². The molecule has 130 valence electrons. The standard InChI is InChI=1S/C23H15BrN2O/c24-15-11-9-14(10-12-15)21-18-13-25-19-7-3-1-5-16(19)22(18)26-20-8-4-2-6-17(20)23(21)27/h1-13,21,26H. The number of fused-ring (bicyclic) bond motifs is 4. The number of anilines is 2. The zero-order chi connectivity index (χ0) is 18.4. The van der Waals surface area contributed by atoms with E-state index in [-0.39, 0.29) is 5.78 Å².